The molecule has 1 aromatic carbocycles. The number of nitrogens with one attached hydrogen (secondary N) is 2. The molecular weight excluding hydrogens is 242 g/mol. The van der Waals surface area contributed by atoms with Gasteiger partial charge in [-0.2, -0.15) is 0 Å². The molecular formula is C10H16BrN3. The van der Waals surface area contributed by atoms with Crippen molar-refractivity contribution < 1.29 is 0 Å². The third-order valence-corrected chi connectivity index (χ3v) is 1.76. The first-order valence-corrected chi connectivity index (χ1v) is 4.29. The fourth-order valence-corrected chi connectivity index (χ4v) is 1.06. The van der Waals surface area contributed by atoms with Crippen LogP contribution in [0.15, 0.2) is 35.3 Å². The fraction of sp³-hybridized carbons (Fsp3) is 0.300. The second-order valence-corrected chi connectivity index (χ2v) is 2.66. The highest BCUT2D eigenvalue weighted by Crippen LogP contribution is 1.96. The molecule has 0 saturated heterocycles. The van der Waals surface area contributed by atoms with E-state index in [1.807, 2.05) is 25.2 Å². The number of guanidine groups is 1. The van der Waals surface area contributed by atoms with Crippen LogP contribution in [0.25, 0.3) is 0 Å². The third-order valence-electron chi connectivity index (χ3n) is 1.76. The number of aliphatic imine (C=N–C) groups is 1. The van der Waals surface area contributed by atoms with Crippen LogP contribution in [-0.4, -0.2) is 20.1 Å². The first-order valence-electron chi connectivity index (χ1n) is 4.29. The second kappa shape index (κ2) is 7.38. The molecule has 0 aliphatic carbocycles. The lowest BCUT2D eigenvalue weighted by Crippen LogP contribution is -2.33. The molecule has 0 unspecified atom stereocenters. The summed E-state index contributed by atoms with van der Waals surface area (Å²) in [6.45, 7) is 0.800. The van der Waals surface area contributed by atoms with Crippen LogP contribution in [-0.2, 0) is 6.54 Å². The summed E-state index contributed by atoms with van der Waals surface area (Å²) in [5.74, 6) is 0.809. The number of halogens is 1. The molecule has 2 N–H and O–H groups in total. The molecule has 0 atom stereocenters. The van der Waals surface area contributed by atoms with E-state index >= 15 is 0 Å². The Hall–Kier alpha value is -1.03. The van der Waals surface area contributed by atoms with Crippen LogP contribution >= 0.6 is 17.0 Å². The molecule has 0 amide bonds. The SMILES string of the molecule is Br.CN=C(NC)NCc1ccccc1. The Morgan fingerprint density at radius 2 is 1.93 bits per heavy atom. The van der Waals surface area contributed by atoms with Gasteiger partial charge in [0, 0.05) is 20.6 Å². The summed E-state index contributed by atoms with van der Waals surface area (Å²) >= 11 is 0. The molecule has 0 aromatic heterocycles. The van der Waals surface area contributed by atoms with E-state index in [2.05, 4.69) is 27.8 Å². The molecule has 0 radical (unpaired) electrons. The molecule has 0 saturated carbocycles. The number of hydrogen-bond acceptors (Lipinski definition) is 1. The van der Waals surface area contributed by atoms with Crippen LogP contribution in [0.5, 0.6) is 0 Å². The minimum atomic E-state index is 0. The summed E-state index contributed by atoms with van der Waals surface area (Å²) in [7, 11) is 3.60. The number of benzene rings is 1. The Morgan fingerprint density at radius 1 is 1.29 bits per heavy atom. The smallest absolute Gasteiger partial charge is 0.190 e. The Morgan fingerprint density at radius 3 is 2.43 bits per heavy atom. The molecule has 3 nitrogen and oxygen atoms in total. The summed E-state index contributed by atoms with van der Waals surface area (Å²) in [5, 5.41) is 6.14. The average molecular weight is 258 g/mol. The van der Waals surface area contributed by atoms with Crippen LogP contribution in [0.2, 0.25) is 0 Å². The van der Waals surface area contributed by atoms with Crippen molar-refractivity contribution in [3.8, 4) is 0 Å². The molecule has 0 heterocycles. The van der Waals surface area contributed by atoms with Gasteiger partial charge >= 0.3 is 0 Å². The minimum Gasteiger partial charge on any atom is -0.359 e. The maximum Gasteiger partial charge on any atom is 0.190 e. The van der Waals surface area contributed by atoms with Gasteiger partial charge in [-0.3, -0.25) is 4.99 Å². The van der Waals surface area contributed by atoms with Crippen molar-refractivity contribution in [3.63, 3.8) is 0 Å². The fourth-order valence-electron chi connectivity index (χ4n) is 1.06. The van der Waals surface area contributed by atoms with E-state index in [1.54, 1.807) is 7.05 Å². The molecule has 1 rings (SSSR count). The van der Waals surface area contributed by atoms with E-state index in [0.717, 1.165) is 12.5 Å². The molecule has 14 heavy (non-hydrogen) atoms. The van der Waals surface area contributed by atoms with Gasteiger partial charge in [0.15, 0.2) is 5.96 Å². The van der Waals surface area contributed by atoms with Crippen LogP contribution in [0.4, 0.5) is 0 Å². The van der Waals surface area contributed by atoms with E-state index in [-0.39, 0.29) is 17.0 Å². The summed E-state index contributed by atoms with van der Waals surface area (Å²) in [6.07, 6.45) is 0. The van der Waals surface area contributed by atoms with Crippen molar-refractivity contribution >= 4 is 22.9 Å². The Labute approximate surface area is 95.4 Å². The van der Waals surface area contributed by atoms with Gasteiger partial charge in [-0.05, 0) is 5.56 Å². The molecule has 78 valence electrons. The van der Waals surface area contributed by atoms with Gasteiger partial charge in [-0.25, -0.2) is 0 Å². The van der Waals surface area contributed by atoms with E-state index in [9.17, 15) is 0 Å². The third kappa shape index (κ3) is 4.28. The molecule has 1 aromatic rings. The van der Waals surface area contributed by atoms with Crippen molar-refractivity contribution in [3.05, 3.63) is 35.9 Å². The lowest BCUT2D eigenvalue weighted by molar-refractivity contribution is 0.866. The lowest BCUT2D eigenvalue weighted by atomic mass is 10.2. The largest absolute Gasteiger partial charge is 0.359 e. The monoisotopic (exact) mass is 257 g/mol. The summed E-state index contributed by atoms with van der Waals surface area (Å²) in [6, 6.07) is 10.2. The van der Waals surface area contributed by atoms with Crippen LogP contribution in [0.3, 0.4) is 0 Å². The first-order chi connectivity index (χ1) is 6.36. The molecule has 0 aliphatic rings. The highest BCUT2D eigenvalue weighted by Gasteiger charge is 1.93. The van der Waals surface area contributed by atoms with Crippen molar-refractivity contribution in [1.29, 1.82) is 0 Å². The molecule has 0 aliphatic heterocycles. The standard InChI is InChI=1S/C10H15N3.BrH/c1-11-10(12-2)13-8-9-6-4-3-5-7-9;/h3-7H,8H2,1-2H3,(H2,11,12,13);1H. The van der Waals surface area contributed by atoms with E-state index in [0.29, 0.717) is 0 Å². The maximum absolute atomic E-state index is 4.02. The summed E-state index contributed by atoms with van der Waals surface area (Å²) < 4.78 is 0. The maximum atomic E-state index is 4.02. The average Bonchev–Trinajstić information content (AvgIpc) is 2.21. The number of hydrogen-bond donors (Lipinski definition) is 2. The number of nitrogens with zero attached hydrogens (tertiary/aromatic N) is 1. The topological polar surface area (TPSA) is 36.4 Å². The van der Waals surface area contributed by atoms with Crippen LogP contribution < -0.4 is 10.6 Å². The zero-order valence-electron chi connectivity index (χ0n) is 8.45. The van der Waals surface area contributed by atoms with Gasteiger partial charge in [0.2, 0.25) is 0 Å². The summed E-state index contributed by atoms with van der Waals surface area (Å²) in [5.41, 5.74) is 1.25. The zero-order chi connectivity index (χ0) is 9.52. The van der Waals surface area contributed by atoms with E-state index in [4.69, 9.17) is 0 Å². The van der Waals surface area contributed by atoms with Gasteiger partial charge in [-0.15, -0.1) is 17.0 Å². The van der Waals surface area contributed by atoms with Crippen molar-refractivity contribution in [2.24, 2.45) is 4.99 Å². The zero-order valence-corrected chi connectivity index (χ0v) is 10.2. The van der Waals surface area contributed by atoms with Crippen molar-refractivity contribution in [2.75, 3.05) is 14.1 Å². The summed E-state index contributed by atoms with van der Waals surface area (Å²) in [4.78, 5) is 4.02. The van der Waals surface area contributed by atoms with Crippen molar-refractivity contribution in [1.82, 2.24) is 10.6 Å². The van der Waals surface area contributed by atoms with Crippen LogP contribution in [0, 0.1) is 0 Å². The van der Waals surface area contributed by atoms with E-state index in [1.165, 1.54) is 5.56 Å². The highest BCUT2D eigenvalue weighted by atomic mass is 79.9. The number of rotatable bonds is 2. The second-order valence-electron chi connectivity index (χ2n) is 2.66. The van der Waals surface area contributed by atoms with Gasteiger partial charge in [0.05, 0.1) is 0 Å². The molecule has 0 fully saturated rings. The molecule has 4 heteroatoms. The minimum absolute atomic E-state index is 0. The van der Waals surface area contributed by atoms with Crippen molar-refractivity contribution in [2.45, 2.75) is 6.54 Å². The Bertz CT molecular complexity index is 272. The van der Waals surface area contributed by atoms with Gasteiger partial charge in [-0.1, -0.05) is 30.3 Å². The predicted molar refractivity (Wildman–Crippen MR) is 66.0 cm³/mol. The molecule has 0 bridgehead atoms. The first kappa shape index (κ1) is 13.0. The normalized spacial score (nSPS) is 10.3. The highest BCUT2D eigenvalue weighted by molar-refractivity contribution is 8.93. The van der Waals surface area contributed by atoms with Gasteiger partial charge in [0.25, 0.3) is 0 Å². The molecule has 0 spiro atoms. The van der Waals surface area contributed by atoms with Gasteiger partial charge in [0.1, 0.15) is 0 Å². The predicted octanol–water partition coefficient (Wildman–Crippen LogP) is 1.56. The Kier molecular flexibility index (Phi) is 6.84. The quantitative estimate of drug-likeness (QED) is 0.624. The van der Waals surface area contributed by atoms with E-state index < -0.39 is 0 Å². The van der Waals surface area contributed by atoms with Gasteiger partial charge < -0.3 is 10.6 Å². The lowest BCUT2D eigenvalue weighted by Gasteiger charge is -2.07. The Balaban J connectivity index is 0.00000169. The van der Waals surface area contributed by atoms with Crippen LogP contribution in [0.1, 0.15) is 5.56 Å².